The highest BCUT2D eigenvalue weighted by Crippen LogP contribution is 2.22. The zero-order valence-electron chi connectivity index (χ0n) is 21.6. The lowest BCUT2D eigenvalue weighted by molar-refractivity contribution is -0.113. The predicted octanol–water partition coefficient (Wildman–Crippen LogP) is 6.39. The molecule has 4 rings (SSSR count). The second-order valence-corrected chi connectivity index (χ2v) is 9.76. The summed E-state index contributed by atoms with van der Waals surface area (Å²) >= 11 is 1.43. The van der Waals surface area contributed by atoms with Crippen LogP contribution in [0.5, 0.6) is 5.75 Å². The Hall–Kier alpha value is -4.62. The third-order valence-electron chi connectivity index (χ3n) is 5.79. The number of ketones is 1. The Bertz CT molecular complexity index is 1480. The number of ether oxygens (including phenoxy) is 1. The zero-order valence-corrected chi connectivity index (χ0v) is 22.5. The maximum Gasteiger partial charge on any atom is 0.272 e. The minimum Gasteiger partial charge on any atom is -0.497 e. The molecule has 6 nitrogen and oxygen atoms in total. The van der Waals surface area contributed by atoms with Gasteiger partial charge in [0.05, 0.1) is 12.9 Å². The number of carbonyl (C=O) groups excluding carboxylic acids is 3. The molecule has 0 saturated heterocycles. The van der Waals surface area contributed by atoms with Crippen molar-refractivity contribution in [3.8, 4) is 5.75 Å². The molecule has 4 aromatic rings. The van der Waals surface area contributed by atoms with E-state index in [1.165, 1.54) is 11.8 Å². The minimum absolute atomic E-state index is 0.0545. The van der Waals surface area contributed by atoms with Crippen molar-refractivity contribution < 1.29 is 19.1 Å². The Morgan fingerprint density at radius 3 is 2.23 bits per heavy atom. The number of methoxy groups -OCH3 is 1. The van der Waals surface area contributed by atoms with Crippen LogP contribution in [0.25, 0.3) is 6.08 Å². The number of carbonyl (C=O) groups is 3. The standard InChI is InChI=1S/C32H28N2O4S/c1-22-11-13-24(14-12-22)30(35)21-39-28-17-15-26(16-18-28)33-32(37)29(20-23-7-6-10-27(19-23)38-2)34-31(36)25-8-4-3-5-9-25/h3-20H,21H2,1-2H3,(H,33,37)(H,34,36)/b29-20-. The van der Waals surface area contributed by atoms with Crippen LogP contribution in [0.15, 0.2) is 114 Å². The van der Waals surface area contributed by atoms with Gasteiger partial charge >= 0.3 is 0 Å². The molecule has 0 aromatic heterocycles. The Morgan fingerprint density at radius 2 is 1.54 bits per heavy atom. The number of nitrogens with one attached hydrogen (secondary N) is 2. The third kappa shape index (κ3) is 7.93. The van der Waals surface area contributed by atoms with Gasteiger partial charge in [0, 0.05) is 21.7 Å². The van der Waals surface area contributed by atoms with Crippen LogP contribution >= 0.6 is 11.8 Å². The van der Waals surface area contributed by atoms with Crippen molar-refractivity contribution in [1.29, 1.82) is 0 Å². The molecule has 0 aliphatic carbocycles. The van der Waals surface area contributed by atoms with E-state index in [4.69, 9.17) is 4.74 Å². The Morgan fingerprint density at radius 1 is 0.821 bits per heavy atom. The number of rotatable bonds is 10. The molecule has 0 saturated carbocycles. The number of Topliss-reactive ketones (excluding diaryl/α,β-unsaturated/α-hetero) is 1. The molecule has 0 aliphatic heterocycles. The SMILES string of the molecule is COc1cccc(/C=C(\NC(=O)c2ccccc2)C(=O)Nc2ccc(SCC(=O)c3ccc(C)cc3)cc2)c1. The van der Waals surface area contributed by atoms with Crippen molar-refractivity contribution in [2.24, 2.45) is 0 Å². The number of benzene rings is 4. The predicted molar refractivity (Wildman–Crippen MR) is 156 cm³/mol. The monoisotopic (exact) mass is 536 g/mol. The quantitative estimate of drug-likeness (QED) is 0.139. The average molecular weight is 537 g/mol. The van der Waals surface area contributed by atoms with E-state index >= 15 is 0 Å². The smallest absolute Gasteiger partial charge is 0.272 e. The molecule has 0 aliphatic rings. The van der Waals surface area contributed by atoms with E-state index in [1.807, 2.05) is 55.5 Å². The number of hydrogen-bond acceptors (Lipinski definition) is 5. The van der Waals surface area contributed by atoms with Gasteiger partial charge in [-0.15, -0.1) is 11.8 Å². The molecular weight excluding hydrogens is 508 g/mol. The fraction of sp³-hybridized carbons (Fsp3) is 0.0938. The van der Waals surface area contributed by atoms with E-state index in [0.29, 0.717) is 33.9 Å². The van der Waals surface area contributed by atoms with Crippen LogP contribution in [0.2, 0.25) is 0 Å². The second kappa shape index (κ2) is 13.3. The lowest BCUT2D eigenvalue weighted by Crippen LogP contribution is -2.30. The van der Waals surface area contributed by atoms with Gasteiger partial charge in [-0.3, -0.25) is 14.4 Å². The Kier molecular flexibility index (Phi) is 9.32. The van der Waals surface area contributed by atoms with Gasteiger partial charge in [-0.2, -0.15) is 0 Å². The molecule has 2 N–H and O–H groups in total. The number of amides is 2. The highest BCUT2D eigenvalue weighted by molar-refractivity contribution is 8.00. The van der Waals surface area contributed by atoms with E-state index in [0.717, 1.165) is 10.5 Å². The first-order chi connectivity index (χ1) is 18.9. The van der Waals surface area contributed by atoms with E-state index in [1.54, 1.807) is 67.8 Å². The molecule has 0 radical (unpaired) electrons. The largest absolute Gasteiger partial charge is 0.497 e. The first-order valence-corrected chi connectivity index (χ1v) is 13.3. The van der Waals surface area contributed by atoms with Crippen LogP contribution in [0.1, 0.15) is 31.8 Å². The van der Waals surface area contributed by atoms with Gasteiger partial charge in [-0.05, 0) is 67.1 Å². The summed E-state index contributed by atoms with van der Waals surface area (Å²) in [6.07, 6.45) is 1.60. The van der Waals surface area contributed by atoms with Gasteiger partial charge < -0.3 is 15.4 Å². The van der Waals surface area contributed by atoms with Crippen LogP contribution in [0.4, 0.5) is 5.69 Å². The first kappa shape index (κ1) is 27.4. The van der Waals surface area contributed by atoms with Crippen molar-refractivity contribution in [3.63, 3.8) is 0 Å². The summed E-state index contributed by atoms with van der Waals surface area (Å²) in [5.74, 6) is 0.126. The van der Waals surface area contributed by atoms with Crippen molar-refractivity contribution in [1.82, 2.24) is 5.32 Å². The van der Waals surface area contributed by atoms with Gasteiger partial charge in [0.2, 0.25) is 0 Å². The van der Waals surface area contributed by atoms with Gasteiger partial charge in [-0.25, -0.2) is 0 Å². The number of anilines is 1. The number of hydrogen-bond donors (Lipinski definition) is 2. The van der Waals surface area contributed by atoms with Crippen LogP contribution in [0.3, 0.4) is 0 Å². The first-order valence-electron chi connectivity index (χ1n) is 12.3. The van der Waals surface area contributed by atoms with Crippen LogP contribution in [-0.2, 0) is 4.79 Å². The maximum atomic E-state index is 13.2. The highest BCUT2D eigenvalue weighted by atomic mass is 32.2. The molecular formula is C32H28N2O4S. The molecule has 0 atom stereocenters. The van der Waals surface area contributed by atoms with E-state index < -0.39 is 11.8 Å². The summed E-state index contributed by atoms with van der Waals surface area (Å²) in [5, 5.41) is 5.57. The molecule has 196 valence electrons. The molecule has 7 heteroatoms. The lowest BCUT2D eigenvalue weighted by atomic mass is 10.1. The third-order valence-corrected chi connectivity index (χ3v) is 6.80. The van der Waals surface area contributed by atoms with E-state index in [-0.39, 0.29) is 11.5 Å². The second-order valence-electron chi connectivity index (χ2n) is 8.71. The molecule has 0 heterocycles. The van der Waals surface area contributed by atoms with Crippen molar-refractivity contribution in [2.75, 3.05) is 18.2 Å². The molecule has 2 amide bonds. The lowest BCUT2D eigenvalue weighted by Gasteiger charge is -2.12. The summed E-state index contributed by atoms with van der Waals surface area (Å²) < 4.78 is 5.28. The van der Waals surface area contributed by atoms with Gasteiger partial charge in [-0.1, -0.05) is 60.2 Å². The van der Waals surface area contributed by atoms with Crippen LogP contribution < -0.4 is 15.4 Å². The van der Waals surface area contributed by atoms with Gasteiger partial charge in [0.1, 0.15) is 11.4 Å². The summed E-state index contributed by atoms with van der Waals surface area (Å²) in [4.78, 5) is 39.4. The molecule has 4 aromatic carbocycles. The zero-order chi connectivity index (χ0) is 27.6. The van der Waals surface area contributed by atoms with Crippen molar-refractivity contribution in [3.05, 3.63) is 131 Å². The maximum absolute atomic E-state index is 13.2. The number of aryl methyl sites for hydroxylation is 1. The van der Waals surface area contributed by atoms with E-state index in [9.17, 15) is 14.4 Å². The fourth-order valence-electron chi connectivity index (χ4n) is 3.64. The van der Waals surface area contributed by atoms with Crippen molar-refractivity contribution >= 4 is 41.1 Å². The van der Waals surface area contributed by atoms with Gasteiger partial charge in [0.25, 0.3) is 11.8 Å². The Balaban J connectivity index is 1.45. The Labute approximate surface area is 232 Å². The minimum atomic E-state index is -0.475. The molecule has 0 unspecified atom stereocenters. The topological polar surface area (TPSA) is 84.5 Å². The summed E-state index contributed by atoms with van der Waals surface area (Å²) in [6.45, 7) is 1.98. The van der Waals surface area contributed by atoms with Gasteiger partial charge in [0.15, 0.2) is 5.78 Å². The molecule has 0 fully saturated rings. The average Bonchev–Trinajstić information content (AvgIpc) is 2.97. The molecule has 0 bridgehead atoms. The van der Waals surface area contributed by atoms with Crippen molar-refractivity contribution in [2.45, 2.75) is 11.8 Å². The highest BCUT2D eigenvalue weighted by Gasteiger charge is 2.15. The summed E-state index contributed by atoms with van der Waals surface area (Å²) in [7, 11) is 1.56. The van der Waals surface area contributed by atoms with Crippen LogP contribution in [-0.4, -0.2) is 30.5 Å². The summed E-state index contributed by atoms with van der Waals surface area (Å²) in [5.41, 5.74) is 3.56. The number of thioether (sulfide) groups is 1. The normalized spacial score (nSPS) is 11.0. The molecule has 0 spiro atoms. The molecule has 39 heavy (non-hydrogen) atoms. The van der Waals surface area contributed by atoms with Crippen LogP contribution in [0, 0.1) is 6.92 Å². The summed E-state index contributed by atoms with van der Waals surface area (Å²) in [6, 6.07) is 30.6. The fourth-order valence-corrected chi connectivity index (χ4v) is 4.44. The van der Waals surface area contributed by atoms with E-state index in [2.05, 4.69) is 10.6 Å².